The van der Waals surface area contributed by atoms with E-state index in [-0.39, 0.29) is 54.7 Å². The lowest BCUT2D eigenvalue weighted by Crippen LogP contribution is -2.37. The SMILES string of the molecule is CCOC(=O)C1=C(COc2cccnc2)NC(COc2cccnc2)=C(C(=O)OCC)C1c1cccc([N+](=O)[O-])c1. The fourth-order valence-electron chi connectivity index (χ4n) is 4.26. The van der Waals surface area contributed by atoms with Gasteiger partial charge in [0.2, 0.25) is 0 Å². The zero-order valence-corrected chi connectivity index (χ0v) is 22.4. The van der Waals surface area contributed by atoms with Crippen molar-refractivity contribution in [2.75, 3.05) is 26.4 Å². The molecule has 1 aromatic carbocycles. The number of hydrogen-bond acceptors (Lipinski definition) is 11. The van der Waals surface area contributed by atoms with Gasteiger partial charge in [0.25, 0.3) is 5.69 Å². The molecule has 12 heteroatoms. The molecule has 0 fully saturated rings. The summed E-state index contributed by atoms with van der Waals surface area (Å²) < 4.78 is 22.6. The van der Waals surface area contributed by atoms with Crippen LogP contribution in [0.4, 0.5) is 5.69 Å². The Morgan fingerprint density at radius 3 is 1.83 bits per heavy atom. The second-order valence-electron chi connectivity index (χ2n) is 8.59. The zero-order chi connectivity index (χ0) is 29.2. The lowest BCUT2D eigenvalue weighted by Gasteiger charge is -2.32. The zero-order valence-electron chi connectivity index (χ0n) is 22.4. The third kappa shape index (κ3) is 7.04. The molecule has 0 spiro atoms. The van der Waals surface area contributed by atoms with Crippen molar-refractivity contribution in [2.45, 2.75) is 19.8 Å². The maximum Gasteiger partial charge on any atom is 0.336 e. The van der Waals surface area contributed by atoms with Gasteiger partial charge >= 0.3 is 11.9 Å². The van der Waals surface area contributed by atoms with E-state index in [9.17, 15) is 19.7 Å². The minimum Gasteiger partial charge on any atom is -0.486 e. The number of carbonyl (C=O) groups is 2. The Kier molecular flexibility index (Phi) is 9.60. The number of aromatic nitrogens is 2. The molecule has 0 unspecified atom stereocenters. The summed E-state index contributed by atoms with van der Waals surface area (Å²) in [5.41, 5.74) is 0.746. The number of dihydropyridines is 1. The van der Waals surface area contributed by atoms with E-state index in [0.717, 1.165) is 0 Å². The highest BCUT2D eigenvalue weighted by molar-refractivity contribution is 6.00. The fourth-order valence-corrected chi connectivity index (χ4v) is 4.26. The molecule has 1 N–H and O–H groups in total. The minimum absolute atomic E-state index is 0.0458. The number of benzene rings is 1. The van der Waals surface area contributed by atoms with Gasteiger partial charge in [-0.2, -0.15) is 0 Å². The van der Waals surface area contributed by atoms with Crippen LogP contribution in [0.5, 0.6) is 11.5 Å². The Hall–Kier alpha value is -5.26. The molecular formula is C29H28N4O8. The highest BCUT2D eigenvalue weighted by Crippen LogP contribution is 2.40. The molecule has 212 valence electrons. The van der Waals surface area contributed by atoms with Crippen molar-refractivity contribution < 1.29 is 33.5 Å². The molecule has 41 heavy (non-hydrogen) atoms. The van der Waals surface area contributed by atoms with E-state index in [1.165, 1.54) is 30.6 Å². The smallest absolute Gasteiger partial charge is 0.336 e. The Balaban J connectivity index is 1.89. The van der Waals surface area contributed by atoms with E-state index in [2.05, 4.69) is 15.3 Å². The van der Waals surface area contributed by atoms with Gasteiger partial charge in [0.15, 0.2) is 0 Å². The second-order valence-corrected chi connectivity index (χ2v) is 8.59. The lowest BCUT2D eigenvalue weighted by atomic mass is 9.80. The van der Waals surface area contributed by atoms with Gasteiger partial charge in [0.1, 0.15) is 24.7 Å². The minimum atomic E-state index is -1.10. The summed E-state index contributed by atoms with van der Waals surface area (Å²) >= 11 is 0. The topological polar surface area (TPSA) is 152 Å². The maximum absolute atomic E-state index is 13.5. The highest BCUT2D eigenvalue weighted by atomic mass is 16.6. The van der Waals surface area contributed by atoms with E-state index in [1.54, 1.807) is 56.6 Å². The number of carbonyl (C=O) groups excluding carboxylic acids is 2. The first-order valence-electron chi connectivity index (χ1n) is 12.8. The molecule has 2 aromatic heterocycles. The average molecular weight is 561 g/mol. The first-order valence-corrected chi connectivity index (χ1v) is 12.8. The Bertz CT molecular complexity index is 1380. The van der Waals surface area contributed by atoms with Crippen LogP contribution in [0.1, 0.15) is 25.3 Å². The molecule has 0 saturated carbocycles. The highest BCUT2D eigenvalue weighted by Gasteiger charge is 2.40. The third-order valence-corrected chi connectivity index (χ3v) is 5.97. The van der Waals surface area contributed by atoms with Crippen LogP contribution in [-0.4, -0.2) is 53.3 Å². The molecule has 0 amide bonds. The van der Waals surface area contributed by atoms with Crippen LogP contribution < -0.4 is 14.8 Å². The Morgan fingerprint density at radius 1 is 0.854 bits per heavy atom. The number of non-ortho nitro benzene ring substituents is 1. The Morgan fingerprint density at radius 2 is 1.39 bits per heavy atom. The number of rotatable bonds is 12. The van der Waals surface area contributed by atoms with Gasteiger partial charge in [-0.1, -0.05) is 12.1 Å². The standard InChI is InChI=1S/C29H28N4O8/c1-3-38-28(34)26-23(17-40-21-10-6-12-30-15-21)32-24(18-41-22-11-7-13-31-16-22)27(29(35)39-4-2)25(26)19-8-5-9-20(14-19)33(36)37/h5-16,25,32H,3-4,17-18H2,1-2H3. The number of nitro benzene ring substituents is 1. The van der Waals surface area contributed by atoms with Gasteiger partial charge < -0.3 is 24.3 Å². The van der Waals surface area contributed by atoms with Crippen molar-refractivity contribution in [2.24, 2.45) is 0 Å². The second kappa shape index (κ2) is 13.7. The van der Waals surface area contributed by atoms with E-state index in [4.69, 9.17) is 18.9 Å². The summed E-state index contributed by atoms with van der Waals surface area (Å²) in [6.07, 6.45) is 6.21. The summed E-state index contributed by atoms with van der Waals surface area (Å²) in [6.45, 7) is 3.12. The van der Waals surface area contributed by atoms with Crippen molar-refractivity contribution in [1.29, 1.82) is 0 Å². The summed E-state index contributed by atoms with van der Waals surface area (Å²) in [5.74, 6) is -1.68. The van der Waals surface area contributed by atoms with Crippen molar-refractivity contribution in [1.82, 2.24) is 15.3 Å². The number of nitrogens with one attached hydrogen (secondary N) is 1. The predicted octanol–water partition coefficient (Wildman–Crippen LogP) is 3.86. The van der Waals surface area contributed by atoms with E-state index in [1.807, 2.05) is 0 Å². The van der Waals surface area contributed by atoms with E-state index < -0.39 is 22.8 Å². The van der Waals surface area contributed by atoms with Gasteiger partial charge in [-0.05, 0) is 43.7 Å². The number of nitrogens with zero attached hydrogens (tertiary/aromatic N) is 3. The van der Waals surface area contributed by atoms with Gasteiger partial charge in [-0.25, -0.2) is 9.59 Å². The van der Waals surface area contributed by atoms with Crippen LogP contribution in [0.25, 0.3) is 0 Å². The van der Waals surface area contributed by atoms with Crippen molar-refractivity contribution in [3.8, 4) is 11.5 Å². The number of esters is 2. The van der Waals surface area contributed by atoms with Gasteiger partial charge in [0, 0.05) is 24.5 Å². The quantitative estimate of drug-likeness (QED) is 0.195. The molecule has 12 nitrogen and oxygen atoms in total. The number of hydrogen-bond donors (Lipinski definition) is 1. The van der Waals surface area contributed by atoms with Gasteiger partial charge in [-0.3, -0.25) is 20.1 Å². The molecule has 0 atom stereocenters. The number of nitro groups is 1. The first-order chi connectivity index (χ1) is 19.9. The fraction of sp³-hybridized carbons (Fsp3) is 0.241. The molecule has 3 heterocycles. The molecule has 0 saturated heterocycles. The lowest BCUT2D eigenvalue weighted by molar-refractivity contribution is -0.384. The molecule has 0 radical (unpaired) electrons. The van der Waals surface area contributed by atoms with Crippen LogP contribution in [0.2, 0.25) is 0 Å². The van der Waals surface area contributed by atoms with Crippen LogP contribution in [0, 0.1) is 10.1 Å². The molecule has 1 aliphatic rings. The van der Waals surface area contributed by atoms with Crippen LogP contribution >= 0.6 is 0 Å². The van der Waals surface area contributed by atoms with Gasteiger partial charge in [0.05, 0.1) is 59.0 Å². The third-order valence-electron chi connectivity index (χ3n) is 5.97. The molecule has 0 aliphatic carbocycles. The summed E-state index contributed by atoms with van der Waals surface area (Å²) in [6, 6.07) is 12.5. The molecule has 4 rings (SSSR count). The first kappa shape index (κ1) is 28.7. The molecule has 1 aliphatic heterocycles. The predicted molar refractivity (Wildman–Crippen MR) is 146 cm³/mol. The average Bonchev–Trinajstić information content (AvgIpc) is 2.99. The van der Waals surface area contributed by atoms with E-state index >= 15 is 0 Å². The van der Waals surface area contributed by atoms with Gasteiger partial charge in [-0.15, -0.1) is 0 Å². The summed E-state index contributed by atoms with van der Waals surface area (Å²) in [5, 5.41) is 14.8. The summed E-state index contributed by atoms with van der Waals surface area (Å²) in [7, 11) is 0. The molecule has 0 bridgehead atoms. The number of ether oxygens (including phenoxy) is 4. The normalized spacial score (nSPS) is 13.3. The largest absolute Gasteiger partial charge is 0.486 e. The Labute approximate surface area is 235 Å². The van der Waals surface area contributed by atoms with Crippen LogP contribution in [0.15, 0.2) is 95.9 Å². The molecule has 3 aromatic rings. The van der Waals surface area contributed by atoms with Crippen LogP contribution in [0.3, 0.4) is 0 Å². The maximum atomic E-state index is 13.5. The monoisotopic (exact) mass is 560 g/mol. The van der Waals surface area contributed by atoms with Crippen molar-refractivity contribution in [3.63, 3.8) is 0 Å². The number of pyridine rings is 2. The summed E-state index contributed by atoms with van der Waals surface area (Å²) in [4.78, 5) is 46.2. The van der Waals surface area contributed by atoms with Crippen LogP contribution in [-0.2, 0) is 19.1 Å². The van der Waals surface area contributed by atoms with Crippen molar-refractivity contribution in [3.05, 3.63) is 112 Å². The van der Waals surface area contributed by atoms with Crippen molar-refractivity contribution >= 4 is 17.6 Å². The molecular weight excluding hydrogens is 532 g/mol. The van der Waals surface area contributed by atoms with E-state index in [0.29, 0.717) is 17.1 Å².